The highest BCUT2D eigenvalue weighted by molar-refractivity contribution is 7.89. The van der Waals surface area contributed by atoms with Crippen molar-refractivity contribution in [1.29, 1.82) is 0 Å². The first-order valence-corrected chi connectivity index (χ1v) is 16.4. The summed E-state index contributed by atoms with van der Waals surface area (Å²) in [6.07, 6.45) is 4.89. The standard InChI is InChI=1S/C26H31ClF2N4O3S.C3H8N2O/c27-23-17-20(26(28,29)19-5-2-1-3-6-19)18-24(30-23)31-13-15-32(16-14-31)37(35,36)22-10-8-21(9-11-22)33-12-4-7-25(33)34;1-5-3(6)2-4/h8-11,17-19H,1-7,12-16H2;2,4H2,1H3,(H,5,6). The molecule has 0 spiro atoms. The van der Waals surface area contributed by atoms with Gasteiger partial charge in [0.2, 0.25) is 21.8 Å². The second kappa shape index (κ2) is 14.3. The number of alkyl halides is 2. The maximum atomic E-state index is 15.3. The van der Waals surface area contributed by atoms with Crippen LogP contribution in [-0.4, -0.2) is 75.8 Å². The Bertz CT molecular complexity index is 1380. The van der Waals surface area contributed by atoms with E-state index in [1.54, 1.807) is 29.0 Å². The lowest BCUT2D eigenvalue weighted by Crippen LogP contribution is -2.49. The molecule has 0 atom stereocenters. The number of carbonyl (C=O) groups excluding carboxylic acids is 2. The summed E-state index contributed by atoms with van der Waals surface area (Å²) >= 11 is 6.16. The summed E-state index contributed by atoms with van der Waals surface area (Å²) in [5, 5.41) is 2.36. The van der Waals surface area contributed by atoms with Crippen molar-refractivity contribution in [1.82, 2.24) is 14.6 Å². The number of nitrogens with zero attached hydrogens (tertiary/aromatic N) is 4. The van der Waals surface area contributed by atoms with E-state index < -0.39 is 21.9 Å². The number of aromatic nitrogens is 1. The Hall–Kier alpha value is -2.87. The van der Waals surface area contributed by atoms with Gasteiger partial charge in [0.05, 0.1) is 11.4 Å². The zero-order valence-corrected chi connectivity index (χ0v) is 25.8. The molecule has 3 fully saturated rings. The van der Waals surface area contributed by atoms with Gasteiger partial charge in [0.25, 0.3) is 5.92 Å². The Balaban J connectivity index is 0.000000641. The second-order valence-corrected chi connectivity index (χ2v) is 13.2. The van der Waals surface area contributed by atoms with Gasteiger partial charge in [0.1, 0.15) is 11.0 Å². The molecule has 14 heteroatoms. The molecule has 3 aliphatic rings. The van der Waals surface area contributed by atoms with Gasteiger partial charge in [-0.25, -0.2) is 22.2 Å². The number of rotatable bonds is 7. The van der Waals surface area contributed by atoms with Gasteiger partial charge in [-0.15, -0.1) is 0 Å². The van der Waals surface area contributed by atoms with Crippen molar-refractivity contribution >= 4 is 44.9 Å². The molecule has 2 aliphatic heterocycles. The summed E-state index contributed by atoms with van der Waals surface area (Å²) in [7, 11) is -2.19. The zero-order chi connectivity index (χ0) is 31.2. The lowest BCUT2D eigenvalue weighted by atomic mass is 9.82. The normalized spacial score (nSPS) is 18.8. The molecule has 5 rings (SSSR count). The van der Waals surface area contributed by atoms with Gasteiger partial charge < -0.3 is 20.9 Å². The van der Waals surface area contributed by atoms with Crippen molar-refractivity contribution in [3.05, 3.63) is 47.1 Å². The van der Waals surface area contributed by atoms with E-state index in [0.29, 0.717) is 50.4 Å². The van der Waals surface area contributed by atoms with Crippen LogP contribution in [0.4, 0.5) is 20.3 Å². The topological polar surface area (TPSA) is 129 Å². The molecule has 0 bridgehead atoms. The molecule has 43 heavy (non-hydrogen) atoms. The van der Waals surface area contributed by atoms with Gasteiger partial charge in [0.15, 0.2) is 0 Å². The first kappa shape index (κ1) is 33.0. The smallest absolute Gasteiger partial charge is 0.276 e. The minimum atomic E-state index is -3.74. The molecule has 1 aromatic heterocycles. The molecule has 3 N–H and O–H groups in total. The fraction of sp³-hybridized carbons (Fsp3) is 0.552. The van der Waals surface area contributed by atoms with Crippen LogP contribution in [0.3, 0.4) is 0 Å². The number of likely N-dealkylation sites (N-methyl/N-ethyl adjacent to an activating group) is 1. The number of nitrogens with one attached hydrogen (secondary N) is 1. The van der Waals surface area contributed by atoms with E-state index in [1.807, 2.05) is 0 Å². The Morgan fingerprint density at radius 3 is 2.23 bits per heavy atom. The number of nitrogens with two attached hydrogens (primary N) is 1. The Kier molecular flexibility index (Phi) is 11.0. The van der Waals surface area contributed by atoms with Gasteiger partial charge in [-0.1, -0.05) is 30.9 Å². The minimum Gasteiger partial charge on any atom is -0.358 e. The first-order chi connectivity index (χ1) is 20.5. The number of hydrogen-bond acceptors (Lipinski definition) is 7. The highest BCUT2D eigenvalue weighted by atomic mass is 35.5. The van der Waals surface area contributed by atoms with Crippen LogP contribution in [-0.2, 0) is 25.5 Å². The summed E-state index contributed by atoms with van der Waals surface area (Å²) in [5.74, 6) is -3.44. The van der Waals surface area contributed by atoms with Gasteiger partial charge in [-0.3, -0.25) is 9.59 Å². The van der Waals surface area contributed by atoms with Crippen LogP contribution in [0.25, 0.3) is 0 Å². The molecule has 2 saturated heterocycles. The summed E-state index contributed by atoms with van der Waals surface area (Å²) in [6, 6.07) is 9.04. The number of piperazine rings is 1. The number of pyridine rings is 1. The van der Waals surface area contributed by atoms with Crippen LogP contribution in [0.15, 0.2) is 41.3 Å². The van der Waals surface area contributed by atoms with Crippen LogP contribution >= 0.6 is 11.6 Å². The highest BCUT2D eigenvalue weighted by Gasteiger charge is 2.42. The Morgan fingerprint density at radius 2 is 1.70 bits per heavy atom. The average molecular weight is 641 g/mol. The van der Waals surface area contributed by atoms with Gasteiger partial charge in [-0.2, -0.15) is 4.31 Å². The van der Waals surface area contributed by atoms with Crippen LogP contribution in [0.1, 0.15) is 50.5 Å². The van der Waals surface area contributed by atoms with E-state index in [-0.39, 0.29) is 47.1 Å². The van der Waals surface area contributed by atoms with Gasteiger partial charge in [0, 0.05) is 63.4 Å². The number of halogens is 3. The third kappa shape index (κ3) is 7.81. The molecule has 0 radical (unpaired) electrons. The fourth-order valence-corrected chi connectivity index (χ4v) is 7.29. The van der Waals surface area contributed by atoms with Crippen LogP contribution in [0.2, 0.25) is 5.15 Å². The van der Waals surface area contributed by atoms with E-state index >= 15 is 8.78 Å². The highest BCUT2D eigenvalue weighted by Crippen LogP contribution is 2.44. The molecule has 236 valence electrons. The second-order valence-electron chi connectivity index (χ2n) is 10.9. The van der Waals surface area contributed by atoms with Gasteiger partial charge >= 0.3 is 0 Å². The number of anilines is 2. The molecule has 1 aliphatic carbocycles. The third-order valence-electron chi connectivity index (χ3n) is 8.17. The van der Waals surface area contributed by atoms with Crippen molar-refractivity contribution in [2.75, 3.05) is 56.1 Å². The number of carbonyl (C=O) groups is 2. The SMILES string of the molecule is CNC(=O)CN.O=C1CCCN1c1ccc(S(=O)(=O)N2CCN(c3cc(C(F)(F)C4CCCCC4)cc(Cl)n3)CC2)cc1. The monoisotopic (exact) mass is 640 g/mol. The lowest BCUT2D eigenvalue weighted by Gasteiger charge is -2.35. The molecule has 0 unspecified atom stereocenters. The van der Waals surface area contributed by atoms with Crippen LogP contribution in [0, 0.1) is 5.92 Å². The van der Waals surface area contributed by atoms with E-state index in [9.17, 15) is 18.0 Å². The summed E-state index contributed by atoms with van der Waals surface area (Å²) in [5.41, 5.74) is 5.44. The van der Waals surface area contributed by atoms with Crippen LogP contribution in [0.5, 0.6) is 0 Å². The number of amides is 2. The maximum absolute atomic E-state index is 15.3. The van der Waals surface area contributed by atoms with E-state index in [0.717, 1.165) is 25.7 Å². The molecule has 10 nitrogen and oxygen atoms in total. The summed E-state index contributed by atoms with van der Waals surface area (Å²) in [6.45, 7) is 1.71. The average Bonchev–Trinajstić information content (AvgIpc) is 3.46. The molecule has 1 aromatic carbocycles. The zero-order valence-electron chi connectivity index (χ0n) is 24.3. The Morgan fingerprint density at radius 1 is 1.05 bits per heavy atom. The van der Waals surface area contributed by atoms with Crippen molar-refractivity contribution in [3.8, 4) is 0 Å². The number of hydrogen-bond donors (Lipinski definition) is 2. The quantitative estimate of drug-likeness (QED) is 0.441. The lowest BCUT2D eigenvalue weighted by molar-refractivity contribution is -0.119. The van der Waals surface area contributed by atoms with Crippen molar-refractivity contribution < 1.29 is 26.8 Å². The molecular weight excluding hydrogens is 602 g/mol. The molecule has 1 saturated carbocycles. The largest absolute Gasteiger partial charge is 0.358 e. The maximum Gasteiger partial charge on any atom is 0.276 e. The van der Waals surface area contributed by atoms with E-state index in [1.165, 1.54) is 28.6 Å². The molecular formula is C29H39ClF2N6O4S. The van der Waals surface area contributed by atoms with Crippen molar-refractivity contribution in [3.63, 3.8) is 0 Å². The van der Waals surface area contributed by atoms with E-state index in [4.69, 9.17) is 17.3 Å². The third-order valence-corrected chi connectivity index (χ3v) is 10.3. The minimum absolute atomic E-state index is 0.00890. The summed E-state index contributed by atoms with van der Waals surface area (Å²) < 4.78 is 58.5. The summed E-state index contributed by atoms with van der Waals surface area (Å²) in [4.78, 5) is 29.8. The first-order valence-electron chi connectivity index (χ1n) is 14.6. The number of sulfonamides is 1. The molecule has 2 amide bonds. The predicted octanol–water partition coefficient (Wildman–Crippen LogP) is 3.74. The molecule has 2 aromatic rings. The van der Waals surface area contributed by atoms with E-state index in [2.05, 4.69) is 10.3 Å². The van der Waals surface area contributed by atoms with Crippen molar-refractivity contribution in [2.24, 2.45) is 11.7 Å². The van der Waals surface area contributed by atoms with Gasteiger partial charge in [-0.05, 0) is 55.7 Å². The van der Waals surface area contributed by atoms with Crippen molar-refractivity contribution in [2.45, 2.75) is 55.8 Å². The number of benzene rings is 1. The Labute approximate surface area is 256 Å². The predicted molar refractivity (Wildman–Crippen MR) is 162 cm³/mol. The molecule has 3 heterocycles. The van der Waals surface area contributed by atoms with Crippen LogP contribution < -0.4 is 20.9 Å². The fourth-order valence-electron chi connectivity index (χ4n) is 5.67.